The van der Waals surface area contributed by atoms with E-state index in [1.165, 1.54) is 0 Å². The predicted octanol–water partition coefficient (Wildman–Crippen LogP) is 3.47. The summed E-state index contributed by atoms with van der Waals surface area (Å²) in [6, 6.07) is 1.88. The number of aromatic amines is 1. The lowest BCUT2D eigenvalue weighted by Crippen LogP contribution is -1.89. The van der Waals surface area contributed by atoms with Gasteiger partial charge in [-0.2, -0.15) is 0 Å². The van der Waals surface area contributed by atoms with Crippen LogP contribution < -0.4 is 0 Å². The van der Waals surface area contributed by atoms with Crippen molar-refractivity contribution in [3.8, 4) is 11.6 Å². The van der Waals surface area contributed by atoms with Gasteiger partial charge in [0.2, 0.25) is 0 Å². The third-order valence-electron chi connectivity index (χ3n) is 1.83. The molecule has 0 amide bonds. The number of nitrogens with zero attached hydrogens (tertiary/aromatic N) is 1. The smallest absolute Gasteiger partial charge is 0.174 e. The summed E-state index contributed by atoms with van der Waals surface area (Å²) < 4.78 is 6.68. The van der Waals surface area contributed by atoms with Crippen LogP contribution in [0.3, 0.4) is 0 Å². The Labute approximate surface area is 94.3 Å². The highest BCUT2D eigenvalue weighted by Crippen LogP contribution is 2.21. The Balaban J connectivity index is 2.59. The summed E-state index contributed by atoms with van der Waals surface area (Å²) in [5.41, 5.74) is 1.03. The molecule has 0 aliphatic heterocycles. The van der Waals surface area contributed by atoms with Crippen LogP contribution in [0, 0.1) is 11.6 Å². The van der Waals surface area contributed by atoms with E-state index < -0.39 is 0 Å². The van der Waals surface area contributed by atoms with E-state index in [9.17, 15) is 0 Å². The highest BCUT2D eigenvalue weighted by molar-refractivity contribution is 9.10. The SMILES string of the molecule is Cc1ccoc1-c1ncc(Br)c(=S)[nH]1. The molecular weight excluding hydrogens is 264 g/mol. The lowest BCUT2D eigenvalue weighted by molar-refractivity contribution is 0.575. The predicted molar refractivity (Wildman–Crippen MR) is 59.6 cm³/mol. The van der Waals surface area contributed by atoms with E-state index in [0.29, 0.717) is 10.5 Å². The average Bonchev–Trinajstić information content (AvgIpc) is 2.57. The van der Waals surface area contributed by atoms with Gasteiger partial charge in [-0.25, -0.2) is 4.98 Å². The van der Waals surface area contributed by atoms with E-state index in [1.54, 1.807) is 12.5 Å². The van der Waals surface area contributed by atoms with Crippen LogP contribution in [0.2, 0.25) is 0 Å². The Kier molecular flexibility index (Phi) is 2.52. The molecular formula is C9H7BrN2OS. The molecule has 0 fully saturated rings. The molecule has 0 aromatic carbocycles. The van der Waals surface area contributed by atoms with Crippen LogP contribution in [-0.4, -0.2) is 9.97 Å². The molecule has 0 saturated heterocycles. The first kappa shape index (κ1) is 9.61. The fraction of sp³-hybridized carbons (Fsp3) is 0.111. The zero-order chi connectivity index (χ0) is 10.1. The van der Waals surface area contributed by atoms with Crippen molar-refractivity contribution in [1.29, 1.82) is 0 Å². The van der Waals surface area contributed by atoms with Crippen molar-refractivity contribution < 1.29 is 4.42 Å². The molecule has 2 rings (SSSR count). The number of aromatic nitrogens is 2. The first-order valence-corrected chi connectivity index (χ1v) is 5.18. The van der Waals surface area contributed by atoms with Gasteiger partial charge in [0, 0.05) is 6.20 Å². The Morgan fingerprint density at radius 2 is 2.36 bits per heavy atom. The van der Waals surface area contributed by atoms with E-state index in [0.717, 1.165) is 15.8 Å². The Morgan fingerprint density at radius 3 is 2.93 bits per heavy atom. The highest BCUT2D eigenvalue weighted by atomic mass is 79.9. The minimum absolute atomic E-state index is 0.616. The largest absolute Gasteiger partial charge is 0.461 e. The second-order valence-electron chi connectivity index (χ2n) is 2.84. The van der Waals surface area contributed by atoms with Crippen LogP contribution in [0.5, 0.6) is 0 Å². The quantitative estimate of drug-likeness (QED) is 0.807. The zero-order valence-electron chi connectivity index (χ0n) is 7.37. The summed E-state index contributed by atoms with van der Waals surface area (Å²) >= 11 is 8.36. The molecule has 72 valence electrons. The maximum atomic E-state index is 5.29. The fourth-order valence-corrected chi connectivity index (χ4v) is 1.46. The third-order valence-corrected chi connectivity index (χ3v) is 3.02. The van der Waals surface area contributed by atoms with E-state index in [4.69, 9.17) is 16.6 Å². The van der Waals surface area contributed by atoms with Crippen LogP contribution in [0.1, 0.15) is 5.56 Å². The van der Waals surface area contributed by atoms with Gasteiger partial charge in [-0.1, -0.05) is 12.2 Å². The van der Waals surface area contributed by atoms with Gasteiger partial charge < -0.3 is 9.40 Å². The second kappa shape index (κ2) is 3.67. The molecule has 1 N–H and O–H groups in total. The minimum Gasteiger partial charge on any atom is -0.461 e. The van der Waals surface area contributed by atoms with Crippen LogP contribution in [0.15, 0.2) is 27.4 Å². The number of furan rings is 1. The second-order valence-corrected chi connectivity index (χ2v) is 4.10. The van der Waals surface area contributed by atoms with Gasteiger partial charge >= 0.3 is 0 Å². The van der Waals surface area contributed by atoms with Crippen LogP contribution in [0.4, 0.5) is 0 Å². The van der Waals surface area contributed by atoms with Crippen molar-refractivity contribution in [2.75, 3.05) is 0 Å². The average molecular weight is 271 g/mol. The Hall–Kier alpha value is -0.940. The van der Waals surface area contributed by atoms with Gasteiger partial charge in [0.25, 0.3) is 0 Å². The van der Waals surface area contributed by atoms with Gasteiger partial charge in [0.1, 0.15) is 4.64 Å². The van der Waals surface area contributed by atoms with Gasteiger partial charge in [-0.15, -0.1) is 0 Å². The number of halogens is 1. The molecule has 0 bridgehead atoms. The van der Waals surface area contributed by atoms with Crippen molar-refractivity contribution in [3.05, 3.63) is 33.2 Å². The molecule has 2 aromatic heterocycles. The van der Waals surface area contributed by atoms with Crippen molar-refractivity contribution in [2.24, 2.45) is 0 Å². The number of rotatable bonds is 1. The fourth-order valence-electron chi connectivity index (χ4n) is 1.11. The summed E-state index contributed by atoms with van der Waals surface area (Å²) in [6.07, 6.45) is 3.29. The molecule has 0 spiro atoms. The summed E-state index contributed by atoms with van der Waals surface area (Å²) in [4.78, 5) is 7.16. The van der Waals surface area contributed by atoms with Crippen molar-refractivity contribution >= 4 is 28.1 Å². The van der Waals surface area contributed by atoms with Gasteiger partial charge in [-0.3, -0.25) is 0 Å². The molecule has 2 aromatic rings. The van der Waals surface area contributed by atoms with Gasteiger partial charge in [0.15, 0.2) is 11.6 Å². The monoisotopic (exact) mass is 270 g/mol. The number of H-pyrrole nitrogens is 1. The van der Waals surface area contributed by atoms with E-state index >= 15 is 0 Å². The summed E-state index contributed by atoms with van der Waals surface area (Å²) in [7, 11) is 0. The number of hydrogen-bond donors (Lipinski definition) is 1. The number of aryl methyl sites for hydroxylation is 1. The summed E-state index contributed by atoms with van der Waals surface area (Å²) in [5.74, 6) is 1.38. The molecule has 0 atom stereocenters. The van der Waals surface area contributed by atoms with Gasteiger partial charge in [-0.05, 0) is 34.5 Å². The Morgan fingerprint density at radius 1 is 1.57 bits per heavy atom. The van der Waals surface area contributed by atoms with Crippen molar-refractivity contribution in [2.45, 2.75) is 6.92 Å². The van der Waals surface area contributed by atoms with Gasteiger partial charge in [0.05, 0.1) is 10.7 Å². The molecule has 0 saturated carbocycles. The molecule has 0 radical (unpaired) electrons. The van der Waals surface area contributed by atoms with Crippen molar-refractivity contribution in [3.63, 3.8) is 0 Å². The normalized spacial score (nSPS) is 10.4. The molecule has 0 aliphatic carbocycles. The third kappa shape index (κ3) is 1.65. The van der Waals surface area contributed by atoms with Crippen LogP contribution in [0.25, 0.3) is 11.6 Å². The van der Waals surface area contributed by atoms with Crippen LogP contribution >= 0.6 is 28.1 Å². The lowest BCUT2D eigenvalue weighted by Gasteiger charge is -1.98. The van der Waals surface area contributed by atoms with Crippen molar-refractivity contribution in [1.82, 2.24) is 9.97 Å². The molecule has 5 heteroatoms. The minimum atomic E-state index is 0.616. The van der Waals surface area contributed by atoms with E-state index in [1.807, 2.05) is 13.0 Å². The molecule has 3 nitrogen and oxygen atoms in total. The molecule has 0 aliphatic rings. The molecule has 14 heavy (non-hydrogen) atoms. The maximum absolute atomic E-state index is 5.29. The Bertz CT molecular complexity index is 518. The summed E-state index contributed by atoms with van der Waals surface area (Å²) in [5, 5.41) is 0. The lowest BCUT2D eigenvalue weighted by atomic mass is 10.3. The standard InChI is InChI=1S/C9H7BrN2OS/c1-5-2-3-13-7(5)8-11-4-6(10)9(14)12-8/h2-4H,1H3,(H,11,12,14). The maximum Gasteiger partial charge on any atom is 0.174 e. The molecule has 0 unspecified atom stereocenters. The first-order valence-electron chi connectivity index (χ1n) is 3.98. The summed E-state index contributed by atoms with van der Waals surface area (Å²) in [6.45, 7) is 1.96. The first-order chi connectivity index (χ1) is 6.68. The molecule has 2 heterocycles. The number of hydrogen-bond acceptors (Lipinski definition) is 3. The van der Waals surface area contributed by atoms with E-state index in [-0.39, 0.29) is 0 Å². The topological polar surface area (TPSA) is 41.8 Å². The van der Waals surface area contributed by atoms with Crippen LogP contribution in [-0.2, 0) is 0 Å². The zero-order valence-corrected chi connectivity index (χ0v) is 9.78. The number of nitrogens with one attached hydrogen (secondary N) is 1. The van der Waals surface area contributed by atoms with E-state index in [2.05, 4.69) is 25.9 Å². The highest BCUT2D eigenvalue weighted by Gasteiger charge is 2.07.